The normalized spacial score (nSPS) is 17.0. The molecule has 1 aromatic carbocycles. The quantitative estimate of drug-likeness (QED) is 0.743. The van der Waals surface area contributed by atoms with Crippen molar-refractivity contribution in [2.24, 2.45) is 5.92 Å². The van der Waals surface area contributed by atoms with Gasteiger partial charge in [0.05, 0.1) is 7.11 Å². The summed E-state index contributed by atoms with van der Waals surface area (Å²) in [6.07, 6.45) is 0.342. The Bertz CT molecular complexity index is 893. The number of halogens is 2. The van der Waals surface area contributed by atoms with Crippen LogP contribution in [0.1, 0.15) is 34.6 Å². The van der Waals surface area contributed by atoms with Gasteiger partial charge in [0.1, 0.15) is 5.75 Å². The summed E-state index contributed by atoms with van der Waals surface area (Å²) in [6.45, 7) is 3.61. The second kappa shape index (κ2) is 10.2. The van der Waals surface area contributed by atoms with Crippen LogP contribution in [0.25, 0.3) is 0 Å². The molecule has 1 fully saturated rings. The van der Waals surface area contributed by atoms with E-state index in [1.165, 1.54) is 15.3 Å². The third-order valence-corrected chi connectivity index (χ3v) is 6.57. The van der Waals surface area contributed by atoms with Crippen molar-refractivity contribution in [1.82, 2.24) is 10.2 Å². The van der Waals surface area contributed by atoms with Crippen molar-refractivity contribution in [2.75, 3.05) is 20.2 Å². The summed E-state index contributed by atoms with van der Waals surface area (Å²) in [7, 11) is 1.66. The minimum atomic E-state index is -2.69. The Balaban J connectivity index is 0.000000287. The number of hydrogen-bond donors (Lipinski definition) is 1. The molecule has 1 saturated carbocycles. The Kier molecular flexibility index (Phi) is 7.64. The number of methoxy groups -OCH3 is 1. The number of rotatable bonds is 5. The highest BCUT2D eigenvalue weighted by Gasteiger charge is 2.48. The number of ether oxygens (including phenoxy) is 1. The van der Waals surface area contributed by atoms with Crippen molar-refractivity contribution in [2.45, 2.75) is 45.1 Å². The van der Waals surface area contributed by atoms with Gasteiger partial charge in [0.2, 0.25) is 17.7 Å². The van der Waals surface area contributed by atoms with Crippen LogP contribution >= 0.6 is 11.3 Å². The molecule has 5 nitrogen and oxygen atoms in total. The maximum Gasteiger partial charge on any atom is 0.249 e. The molecule has 1 N–H and O–H groups in total. The van der Waals surface area contributed by atoms with Crippen LogP contribution in [0.3, 0.4) is 0 Å². The third kappa shape index (κ3) is 6.50. The molecule has 4 rings (SSSR count). The van der Waals surface area contributed by atoms with Gasteiger partial charge in [0.15, 0.2) is 0 Å². The van der Waals surface area contributed by atoms with Crippen LogP contribution in [0.4, 0.5) is 8.78 Å². The van der Waals surface area contributed by atoms with E-state index in [0.29, 0.717) is 13.1 Å². The van der Waals surface area contributed by atoms with Gasteiger partial charge in [-0.05, 0) is 37.1 Å². The predicted molar refractivity (Wildman–Crippen MR) is 116 cm³/mol. The first-order valence-electron chi connectivity index (χ1n) is 10.4. The Hall–Kier alpha value is -2.48. The molecule has 1 aliphatic carbocycles. The zero-order valence-corrected chi connectivity index (χ0v) is 18.6. The maximum absolute atomic E-state index is 12.7. The molecule has 2 heterocycles. The fourth-order valence-corrected chi connectivity index (χ4v) is 4.73. The van der Waals surface area contributed by atoms with Crippen LogP contribution in [0, 0.1) is 12.8 Å². The number of thiophene rings is 1. The molecule has 1 aromatic heterocycles. The average Bonchev–Trinajstić information content (AvgIpc) is 3.12. The second-order valence-electron chi connectivity index (χ2n) is 7.89. The van der Waals surface area contributed by atoms with Gasteiger partial charge >= 0.3 is 0 Å². The molecular formula is C23H28F2N2O3S. The molecule has 2 aliphatic rings. The second-order valence-corrected chi connectivity index (χ2v) is 9.23. The van der Waals surface area contributed by atoms with Crippen molar-refractivity contribution in [1.29, 1.82) is 0 Å². The fourth-order valence-electron chi connectivity index (χ4n) is 3.69. The minimum absolute atomic E-state index is 0.00116. The standard InChI is InChI=1S/C16H20F2N2O2S.C7H8O/c1-10-6-11-9-20(5-3-13(11)23-10)14(21)2-4-19-15(22)12-7-16(17,18)8-12;1-8-7-5-3-2-4-6-7/h6,12H,2-5,7-9H2,1H3,(H,19,22);2-6H,1H3. The van der Waals surface area contributed by atoms with Crippen LogP contribution in [-0.2, 0) is 22.6 Å². The van der Waals surface area contributed by atoms with Gasteiger partial charge in [-0.25, -0.2) is 8.78 Å². The van der Waals surface area contributed by atoms with E-state index in [1.54, 1.807) is 23.3 Å². The molecular weight excluding hydrogens is 422 g/mol. The van der Waals surface area contributed by atoms with Gasteiger partial charge in [-0.1, -0.05) is 18.2 Å². The molecule has 2 aromatic rings. The lowest BCUT2D eigenvalue weighted by molar-refractivity contribution is -0.150. The highest BCUT2D eigenvalue weighted by atomic mass is 32.1. The number of alkyl halides is 2. The average molecular weight is 451 g/mol. The van der Waals surface area contributed by atoms with Crippen LogP contribution in [-0.4, -0.2) is 42.8 Å². The number of aryl methyl sites for hydroxylation is 1. The largest absolute Gasteiger partial charge is 0.497 e. The van der Waals surface area contributed by atoms with E-state index in [9.17, 15) is 18.4 Å². The number of nitrogens with zero attached hydrogens (tertiary/aromatic N) is 1. The number of para-hydroxylation sites is 1. The van der Waals surface area contributed by atoms with Crippen molar-refractivity contribution < 1.29 is 23.1 Å². The van der Waals surface area contributed by atoms with Crippen molar-refractivity contribution >= 4 is 23.2 Å². The van der Waals surface area contributed by atoms with Gasteiger partial charge in [-0.2, -0.15) is 0 Å². The molecule has 168 valence electrons. The Morgan fingerprint density at radius 1 is 1.26 bits per heavy atom. The van der Waals surface area contributed by atoms with Crippen molar-refractivity contribution in [3.8, 4) is 5.75 Å². The Labute approximate surface area is 185 Å². The van der Waals surface area contributed by atoms with Gasteiger partial charge in [0, 0.05) is 54.6 Å². The maximum atomic E-state index is 12.7. The van der Waals surface area contributed by atoms with E-state index in [2.05, 4.69) is 18.3 Å². The van der Waals surface area contributed by atoms with Crippen molar-refractivity contribution in [3.63, 3.8) is 0 Å². The lowest BCUT2D eigenvalue weighted by atomic mass is 9.81. The molecule has 2 amide bonds. The SMILES string of the molecule is COc1ccccc1.Cc1cc2c(s1)CCN(C(=O)CCNC(=O)C1CC(F)(F)C1)C2. The van der Waals surface area contributed by atoms with Crippen LogP contribution in [0.5, 0.6) is 5.75 Å². The first kappa shape index (κ1) is 23.2. The number of carbonyl (C=O) groups excluding carboxylic acids is 2. The molecule has 0 radical (unpaired) electrons. The molecule has 0 saturated heterocycles. The van der Waals surface area contributed by atoms with Gasteiger partial charge in [-0.15, -0.1) is 11.3 Å². The van der Waals surface area contributed by atoms with Crippen molar-refractivity contribution in [3.05, 3.63) is 51.7 Å². The van der Waals surface area contributed by atoms with Crippen LogP contribution in [0.15, 0.2) is 36.4 Å². The molecule has 31 heavy (non-hydrogen) atoms. The topological polar surface area (TPSA) is 58.6 Å². The number of fused-ring (bicyclic) bond motifs is 1. The van der Waals surface area contributed by atoms with E-state index in [0.717, 1.165) is 12.2 Å². The number of benzene rings is 1. The fraction of sp³-hybridized carbons (Fsp3) is 0.478. The summed E-state index contributed by atoms with van der Waals surface area (Å²) >= 11 is 1.78. The molecule has 0 spiro atoms. The molecule has 0 atom stereocenters. The monoisotopic (exact) mass is 450 g/mol. The number of amides is 2. The predicted octanol–water partition coefficient (Wildman–Crippen LogP) is 4.19. The first-order chi connectivity index (χ1) is 14.8. The van der Waals surface area contributed by atoms with E-state index < -0.39 is 11.8 Å². The van der Waals surface area contributed by atoms with Crippen LogP contribution < -0.4 is 10.1 Å². The van der Waals surface area contributed by atoms with E-state index in [1.807, 2.05) is 30.3 Å². The van der Waals surface area contributed by atoms with Gasteiger partial charge in [0.25, 0.3) is 0 Å². The minimum Gasteiger partial charge on any atom is -0.497 e. The summed E-state index contributed by atoms with van der Waals surface area (Å²) in [5.74, 6) is -2.75. The first-order valence-corrected chi connectivity index (χ1v) is 11.2. The smallest absolute Gasteiger partial charge is 0.249 e. The lowest BCUT2D eigenvalue weighted by Gasteiger charge is -2.33. The van der Waals surface area contributed by atoms with E-state index >= 15 is 0 Å². The summed E-state index contributed by atoms with van der Waals surface area (Å²) < 4.78 is 30.4. The Morgan fingerprint density at radius 3 is 2.58 bits per heavy atom. The van der Waals surface area contributed by atoms with Gasteiger partial charge in [-0.3, -0.25) is 9.59 Å². The van der Waals surface area contributed by atoms with Crippen LogP contribution in [0.2, 0.25) is 0 Å². The van der Waals surface area contributed by atoms with E-state index in [4.69, 9.17) is 4.74 Å². The molecule has 8 heteroatoms. The molecule has 0 unspecified atom stereocenters. The highest BCUT2D eigenvalue weighted by Crippen LogP contribution is 2.42. The zero-order chi connectivity index (χ0) is 22.4. The summed E-state index contributed by atoms with van der Waals surface area (Å²) in [5, 5.41) is 2.60. The number of hydrogen-bond acceptors (Lipinski definition) is 4. The lowest BCUT2D eigenvalue weighted by Crippen LogP contribution is -2.45. The summed E-state index contributed by atoms with van der Waals surface area (Å²) in [5.41, 5.74) is 1.22. The molecule has 1 aliphatic heterocycles. The van der Waals surface area contributed by atoms with E-state index in [-0.39, 0.29) is 37.6 Å². The number of carbonyl (C=O) groups is 2. The number of nitrogens with one attached hydrogen (secondary N) is 1. The third-order valence-electron chi connectivity index (χ3n) is 5.42. The molecule has 0 bridgehead atoms. The summed E-state index contributed by atoms with van der Waals surface area (Å²) in [4.78, 5) is 28.3. The highest BCUT2D eigenvalue weighted by molar-refractivity contribution is 7.12. The summed E-state index contributed by atoms with van der Waals surface area (Å²) in [6, 6.07) is 11.8. The Morgan fingerprint density at radius 2 is 1.97 bits per heavy atom. The zero-order valence-electron chi connectivity index (χ0n) is 17.8. The van der Waals surface area contributed by atoms with Gasteiger partial charge < -0.3 is 15.0 Å².